The van der Waals surface area contributed by atoms with Gasteiger partial charge in [0, 0.05) is 6.20 Å². The van der Waals surface area contributed by atoms with Gasteiger partial charge in [-0.2, -0.15) is 0 Å². The lowest BCUT2D eigenvalue weighted by Gasteiger charge is -2.17. The third-order valence-corrected chi connectivity index (χ3v) is 2.73. The average Bonchev–Trinajstić information content (AvgIpc) is 2.27. The van der Waals surface area contributed by atoms with Crippen molar-refractivity contribution >= 4 is 11.7 Å². The summed E-state index contributed by atoms with van der Waals surface area (Å²) in [5, 5.41) is 2.72. The maximum atomic E-state index is 11.7. The Morgan fingerprint density at radius 3 is 2.88 bits per heavy atom. The number of rotatable bonds is 4. The van der Waals surface area contributed by atoms with Crippen molar-refractivity contribution < 1.29 is 4.79 Å². The molecule has 4 heteroatoms. The van der Waals surface area contributed by atoms with E-state index in [0.29, 0.717) is 5.82 Å². The highest BCUT2D eigenvalue weighted by Crippen LogP contribution is 2.09. The van der Waals surface area contributed by atoms with E-state index in [1.54, 1.807) is 6.20 Å². The summed E-state index contributed by atoms with van der Waals surface area (Å²) in [5.74, 6) is 0.556. The summed E-state index contributed by atoms with van der Waals surface area (Å²) < 4.78 is 0. The van der Waals surface area contributed by atoms with Gasteiger partial charge in [0.25, 0.3) is 0 Å². The van der Waals surface area contributed by atoms with Crippen LogP contribution in [0.5, 0.6) is 0 Å². The first-order valence-electron chi connectivity index (χ1n) is 5.53. The largest absolute Gasteiger partial charge is 0.320 e. The molecule has 0 unspecified atom stereocenters. The molecule has 88 valence electrons. The fraction of sp³-hybridized carbons (Fsp3) is 0.500. The van der Waals surface area contributed by atoms with Gasteiger partial charge in [-0.3, -0.25) is 4.79 Å². The van der Waals surface area contributed by atoms with Crippen LogP contribution in [0.2, 0.25) is 0 Å². The van der Waals surface area contributed by atoms with Crippen molar-refractivity contribution in [2.45, 2.75) is 33.2 Å². The first kappa shape index (κ1) is 12.6. The van der Waals surface area contributed by atoms with Crippen molar-refractivity contribution in [1.82, 2.24) is 4.98 Å². The molecule has 3 N–H and O–H groups in total. The number of aromatic nitrogens is 1. The molecule has 1 heterocycles. The van der Waals surface area contributed by atoms with E-state index in [1.165, 1.54) is 0 Å². The minimum absolute atomic E-state index is 0.171. The van der Waals surface area contributed by atoms with Crippen molar-refractivity contribution in [3.8, 4) is 0 Å². The smallest absolute Gasteiger partial charge is 0.242 e. The summed E-state index contributed by atoms with van der Waals surface area (Å²) >= 11 is 0. The van der Waals surface area contributed by atoms with E-state index in [0.717, 1.165) is 12.0 Å². The minimum atomic E-state index is -0.479. The molecule has 0 aliphatic heterocycles. The first-order valence-corrected chi connectivity index (χ1v) is 5.53. The van der Waals surface area contributed by atoms with Crippen LogP contribution in [0.15, 0.2) is 18.3 Å². The molecule has 1 aromatic heterocycles. The van der Waals surface area contributed by atoms with E-state index in [1.807, 2.05) is 32.9 Å². The van der Waals surface area contributed by atoms with Crippen molar-refractivity contribution in [2.75, 3.05) is 5.32 Å². The molecule has 0 fully saturated rings. The van der Waals surface area contributed by atoms with E-state index in [9.17, 15) is 4.79 Å². The highest BCUT2D eigenvalue weighted by molar-refractivity contribution is 5.94. The molecule has 16 heavy (non-hydrogen) atoms. The van der Waals surface area contributed by atoms with Crippen molar-refractivity contribution in [3.63, 3.8) is 0 Å². The van der Waals surface area contributed by atoms with Gasteiger partial charge in [-0.15, -0.1) is 0 Å². The Morgan fingerprint density at radius 2 is 2.31 bits per heavy atom. The molecular formula is C12H19N3O. The number of carbonyl (C=O) groups is 1. The van der Waals surface area contributed by atoms with Gasteiger partial charge in [0.05, 0.1) is 6.04 Å². The number of pyridine rings is 1. The van der Waals surface area contributed by atoms with Crippen LogP contribution in [0, 0.1) is 12.8 Å². The second-order valence-corrected chi connectivity index (χ2v) is 4.12. The van der Waals surface area contributed by atoms with Gasteiger partial charge in [-0.05, 0) is 30.5 Å². The van der Waals surface area contributed by atoms with Crippen LogP contribution in [0.3, 0.4) is 0 Å². The van der Waals surface area contributed by atoms with E-state index in [-0.39, 0.29) is 11.8 Å². The number of anilines is 1. The van der Waals surface area contributed by atoms with E-state index < -0.39 is 6.04 Å². The van der Waals surface area contributed by atoms with Crippen LogP contribution in [0.4, 0.5) is 5.82 Å². The monoisotopic (exact) mass is 221 g/mol. The van der Waals surface area contributed by atoms with Crippen LogP contribution >= 0.6 is 0 Å². The fourth-order valence-corrected chi connectivity index (χ4v) is 1.33. The van der Waals surface area contributed by atoms with E-state index in [2.05, 4.69) is 10.3 Å². The zero-order valence-corrected chi connectivity index (χ0v) is 10.0. The number of amides is 1. The van der Waals surface area contributed by atoms with Crippen LogP contribution in [0.1, 0.15) is 25.8 Å². The predicted molar refractivity (Wildman–Crippen MR) is 65.0 cm³/mol. The van der Waals surface area contributed by atoms with Crippen LogP contribution in [-0.2, 0) is 4.79 Å². The molecule has 2 atom stereocenters. The topological polar surface area (TPSA) is 68.0 Å². The summed E-state index contributed by atoms with van der Waals surface area (Å²) in [6.07, 6.45) is 2.55. The predicted octanol–water partition coefficient (Wildman–Crippen LogP) is 1.70. The molecule has 0 aliphatic rings. The maximum Gasteiger partial charge on any atom is 0.242 e. The van der Waals surface area contributed by atoms with Crippen LogP contribution in [-0.4, -0.2) is 16.9 Å². The number of hydrogen-bond acceptors (Lipinski definition) is 3. The maximum absolute atomic E-state index is 11.7. The summed E-state index contributed by atoms with van der Waals surface area (Å²) in [6, 6.07) is 3.22. The molecule has 0 aromatic carbocycles. The molecule has 1 rings (SSSR count). The van der Waals surface area contributed by atoms with E-state index >= 15 is 0 Å². The number of carbonyl (C=O) groups excluding carboxylic acids is 1. The molecule has 1 aromatic rings. The Hall–Kier alpha value is -1.42. The lowest BCUT2D eigenvalue weighted by atomic mass is 9.99. The Kier molecular flexibility index (Phi) is 4.43. The Labute approximate surface area is 96.3 Å². The molecule has 0 saturated carbocycles. The molecule has 0 spiro atoms. The van der Waals surface area contributed by atoms with Gasteiger partial charge in [-0.1, -0.05) is 20.3 Å². The summed E-state index contributed by atoms with van der Waals surface area (Å²) in [4.78, 5) is 15.8. The van der Waals surface area contributed by atoms with Gasteiger partial charge < -0.3 is 11.1 Å². The Balaban J connectivity index is 2.64. The number of nitrogens with one attached hydrogen (secondary N) is 1. The minimum Gasteiger partial charge on any atom is -0.320 e. The number of aryl methyl sites for hydroxylation is 1. The lowest BCUT2D eigenvalue weighted by Crippen LogP contribution is -2.40. The van der Waals surface area contributed by atoms with E-state index in [4.69, 9.17) is 5.73 Å². The number of nitrogens with zero attached hydrogens (tertiary/aromatic N) is 1. The zero-order valence-electron chi connectivity index (χ0n) is 10.0. The molecule has 0 bridgehead atoms. The summed E-state index contributed by atoms with van der Waals surface area (Å²) in [5.41, 5.74) is 6.88. The Bertz CT molecular complexity index is 365. The normalized spacial score (nSPS) is 14.2. The molecule has 0 saturated heterocycles. The molecule has 1 amide bonds. The van der Waals surface area contributed by atoms with Crippen molar-refractivity contribution in [1.29, 1.82) is 0 Å². The van der Waals surface area contributed by atoms with Gasteiger partial charge in [0.15, 0.2) is 0 Å². The summed E-state index contributed by atoms with van der Waals surface area (Å²) in [6.45, 7) is 5.93. The number of nitrogens with two attached hydrogens (primary N) is 1. The molecule has 4 nitrogen and oxygen atoms in total. The lowest BCUT2D eigenvalue weighted by molar-refractivity contribution is -0.118. The number of hydrogen-bond donors (Lipinski definition) is 2. The molecular weight excluding hydrogens is 202 g/mol. The fourth-order valence-electron chi connectivity index (χ4n) is 1.33. The Morgan fingerprint density at radius 1 is 1.62 bits per heavy atom. The van der Waals surface area contributed by atoms with Crippen molar-refractivity contribution in [2.24, 2.45) is 11.7 Å². The molecule has 0 radical (unpaired) electrons. The first-order chi connectivity index (χ1) is 7.54. The van der Waals surface area contributed by atoms with Crippen molar-refractivity contribution in [3.05, 3.63) is 23.9 Å². The molecule has 0 aliphatic carbocycles. The van der Waals surface area contributed by atoms with Crippen LogP contribution in [0.25, 0.3) is 0 Å². The second-order valence-electron chi connectivity index (χ2n) is 4.12. The second kappa shape index (κ2) is 5.61. The zero-order chi connectivity index (χ0) is 12.1. The summed E-state index contributed by atoms with van der Waals surface area (Å²) in [7, 11) is 0. The standard InChI is InChI=1S/C12H19N3O/c1-4-9(3)11(13)12(16)15-10-7-8(2)5-6-14-10/h5-7,9,11H,4,13H2,1-3H3,(H,14,15,16)/t9-,11-/m0/s1. The van der Waals surface area contributed by atoms with Gasteiger partial charge in [0.2, 0.25) is 5.91 Å². The van der Waals surface area contributed by atoms with Gasteiger partial charge in [0.1, 0.15) is 5.82 Å². The third-order valence-electron chi connectivity index (χ3n) is 2.73. The highest BCUT2D eigenvalue weighted by Gasteiger charge is 2.19. The average molecular weight is 221 g/mol. The van der Waals surface area contributed by atoms with Gasteiger partial charge in [-0.25, -0.2) is 4.98 Å². The van der Waals surface area contributed by atoms with Gasteiger partial charge >= 0.3 is 0 Å². The quantitative estimate of drug-likeness (QED) is 0.813. The van der Waals surface area contributed by atoms with Crippen LogP contribution < -0.4 is 11.1 Å². The highest BCUT2D eigenvalue weighted by atomic mass is 16.2. The SMILES string of the molecule is CC[C@H](C)[C@H](N)C(=O)Nc1cc(C)ccn1. The third kappa shape index (κ3) is 3.31.